The first-order valence-electron chi connectivity index (χ1n) is 7.42. The van der Waals surface area contributed by atoms with Crippen LogP contribution in [0.5, 0.6) is 0 Å². The third kappa shape index (κ3) is 5.03. The molecule has 0 aliphatic carbocycles. The summed E-state index contributed by atoms with van der Waals surface area (Å²) in [4.78, 5) is 24.2. The average molecular weight is 399 g/mol. The molecule has 1 atom stereocenters. The van der Waals surface area contributed by atoms with E-state index in [9.17, 15) is 18.4 Å². The predicted molar refractivity (Wildman–Crippen MR) is 96.8 cm³/mol. The summed E-state index contributed by atoms with van der Waals surface area (Å²) in [6.07, 6.45) is 2.59. The number of hydrogen-bond acceptors (Lipinski definition) is 2. The van der Waals surface area contributed by atoms with Crippen molar-refractivity contribution in [2.75, 3.05) is 7.05 Å². The van der Waals surface area contributed by atoms with Gasteiger partial charge >= 0.3 is 0 Å². The van der Waals surface area contributed by atoms with Gasteiger partial charge in [0, 0.05) is 23.2 Å². The molecule has 0 saturated heterocycles. The SMILES string of the molecule is CNC(=O)C(NC(=O)/C=C/c1cc(Cl)ccc1Cl)c1ccc(F)c(F)c1. The molecule has 4 nitrogen and oxygen atoms in total. The number of carbonyl (C=O) groups excluding carboxylic acids is 2. The van der Waals surface area contributed by atoms with Gasteiger partial charge in [-0.05, 0) is 47.5 Å². The highest BCUT2D eigenvalue weighted by atomic mass is 35.5. The Kier molecular flexibility index (Phi) is 6.71. The van der Waals surface area contributed by atoms with Crippen LogP contribution in [0.3, 0.4) is 0 Å². The molecule has 8 heteroatoms. The molecule has 0 aromatic heterocycles. The van der Waals surface area contributed by atoms with Gasteiger partial charge in [-0.25, -0.2) is 8.78 Å². The van der Waals surface area contributed by atoms with Crippen LogP contribution in [-0.2, 0) is 9.59 Å². The maximum absolute atomic E-state index is 13.4. The molecule has 136 valence electrons. The zero-order valence-corrected chi connectivity index (χ0v) is 15.0. The summed E-state index contributed by atoms with van der Waals surface area (Å²) in [7, 11) is 1.36. The molecule has 2 aromatic rings. The monoisotopic (exact) mass is 398 g/mol. The summed E-state index contributed by atoms with van der Waals surface area (Å²) in [5.41, 5.74) is 0.615. The highest BCUT2D eigenvalue weighted by Crippen LogP contribution is 2.22. The van der Waals surface area contributed by atoms with Crippen molar-refractivity contribution in [2.24, 2.45) is 0 Å². The molecule has 0 saturated carbocycles. The fraction of sp³-hybridized carbons (Fsp3) is 0.111. The van der Waals surface area contributed by atoms with E-state index in [1.807, 2.05) is 0 Å². The Morgan fingerprint density at radius 1 is 1.08 bits per heavy atom. The van der Waals surface area contributed by atoms with Crippen LogP contribution in [-0.4, -0.2) is 18.9 Å². The first-order valence-corrected chi connectivity index (χ1v) is 8.17. The maximum atomic E-state index is 13.4. The van der Waals surface area contributed by atoms with E-state index in [0.717, 1.165) is 18.2 Å². The number of rotatable bonds is 5. The molecule has 0 aliphatic heterocycles. The van der Waals surface area contributed by atoms with Crippen LogP contribution in [0.4, 0.5) is 8.78 Å². The van der Waals surface area contributed by atoms with Crippen molar-refractivity contribution < 1.29 is 18.4 Å². The van der Waals surface area contributed by atoms with Crippen LogP contribution in [0.2, 0.25) is 10.0 Å². The number of hydrogen-bond donors (Lipinski definition) is 2. The molecule has 2 N–H and O–H groups in total. The van der Waals surface area contributed by atoms with Gasteiger partial charge in [0.05, 0.1) is 0 Å². The molecule has 0 radical (unpaired) electrons. The van der Waals surface area contributed by atoms with Crippen molar-refractivity contribution in [3.63, 3.8) is 0 Å². The highest BCUT2D eigenvalue weighted by Gasteiger charge is 2.22. The number of carbonyl (C=O) groups is 2. The lowest BCUT2D eigenvalue weighted by Crippen LogP contribution is -2.38. The second-order valence-corrected chi connectivity index (χ2v) is 6.07. The Labute approximate surface area is 158 Å². The van der Waals surface area contributed by atoms with Crippen LogP contribution in [0, 0.1) is 11.6 Å². The Bertz CT molecular complexity index is 872. The van der Waals surface area contributed by atoms with Gasteiger partial charge in [-0.1, -0.05) is 29.3 Å². The largest absolute Gasteiger partial charge is 0.357 e. The second kappa shape index (κ2) is 8.78. The lowest BCUT2D eigenvalue weighted by atomic mass is 10.1. The van der Waals surface area contributed by atoms with Gasteiger partial charge < -0.3 is 10.6 Å². The van der Waals surface area contributed by atoms with Crippen LogP contribution >= 0.6 is 23.2 Å². The summed E-state index contributed by atoms with van der Waals surface area (Å²) in [6, 6.07) is 6.51. The summed E-state index contributed by atoms with van der Waals surface area (Å²) >= 11 is 11.9. The lowest BCUT2D eigenvalue weighted by molar-refractivity contribution is -0.126. The second-order valence-electron chi connectivity index (χ2n) is 5.23. The van der Waals surface area contributed by atoms with Gasteiger partial charge in [-0.15, -0.1) is 0 Å². The van der Waals surface area contributed by atoms with E-state index in [0.29, 0.717) is 15.6 Å². The zero-order valence-electron chi connectivity index (χ0n) is 13.5. The number of benzene rings is 2. The molecule has 0 fully saturated rings. The molecule has 0 bridgehead atoms. The Morgan fingerprint density at radius 3 is 2.46 bits per heavy atom. The minimum atomic E-state index is -1.19. The van der Waals surface area contributed by atoms with E-state index in [1.54, 1.807) is 18.2 Å². The van der Waals surface area contributed by atoms with Crippen molar-refractivity contribution in [3.8, 4) is 0 Å². The van der Waals surface area contributed by atoms with Crippen molar-refractivity contribution in [3.05, 3.63) is 75.3 Å². The summed E-state index contributed by atoms with van der Waals surface area (Å²) in [6.45, 7) is 0. The van der Waals surface area contributed by atoms with Gasteiger partial charge in [0.2, 0.25) is 11.8 Å². The Balaban J connectivity index is 2.21. The van der Waals surface area contributed by atoms with Crippen LogP contribution in [0.25, 0.3) is 6.08 Å². The van der Waals surface area contributed by atoms with Crippen LogP contribution in [0.15, 0.2) is 42.5 Å². The van der Waals surface area contributed by atoms with E-state index < -0.39 is 29.5 Å². The van der Waals surface area contributed by atoms with E-state index in [-0.39, 0.29) is 5.56 Å². The molecule has 2 aromatic carbocycles. The fourth-order valence-electron chi connectivity index (χ4n) is 2.13. The maximum Gasteiger partial charge on any atom is 0.246 e. The third-order valence-corrected chi connectivity index (χ3v) is 4.02. The number of nitrogens with one attached hydrogen (secondary N) is 2. The van der Waals surface area contributed by atoms with Gasteiger partial charge in [0.1, 0.15) is 6.04 Å². The van der Waals surface area contributed by atoms with Crippen LogP contribution < -0.4 is 10.6 Å². The molecule has 0 heterocycles. The highest BCUT2D eigenvalue weighted by molar-refractivity contribution is 6.34. The zero-order chi connectivity index (χ0) is 19.3. The molecular formula is C18H14Cl2F2N2O2. The average Bonchev–Trinajstić information content (AvgIpc) is 2.62. The fourth-order valence-corrected chi connectivity index (χ4v) is 2.50. The molecule has 1 unspecified atom stereocenters. The normalized spacial score (nSPS) is 12.0. The summed E-state index contributed by atoms with van der Waals surface area (Å²) < 4.78 is 26.5. The van der Waals surface area contributed by atoms with Crippen molar-refractivity contribution >= 4 is 41.1 Å². The quantitative estimate of drug-likeness (QED) is 0.750. The molecule has 2 rings (SSSR count). The minimum Gasteiger partial charge on any atom is -0.357 e. The summed E-state index contributed by atoms with van der Waals surface area (Å²) in [5.74, 6) is -3.38. The first kappa shape index (κ1) is 19.9. The Morgan fingerprint density at radius 2 is 1.81 bits per heavy atom. The Hall–Kier alpha value is -2.44. The van der Waals surface area contributed by atoms with Crippen molar-refractivity contribution in [1.82, 2.24) is 10.6 Å². The molecule has 2 amide bonds. The van der Waals surface area contributed by atoms with Crippen molar-refractivity contribution in [2.45, 2.75) is 6.04 Å². The minimum absolute atomic E-state index is 0.103. The van der Waals surface area contributed by atoms with E-state index in [2.05, 4.69) is 10.6 Å². The van der Waals surface area contributed by atoms with Gasteiger partial charge in [0.25, 0.3) is 0 Å². The molecule has 0 aliphatic rings. The number of likely N-dealkylation sites (N-methyl/N-ethyl adjacent to an activating group) is 1. The van der Waals surface area contributed by atoms with Gasteiger partial charge in [0.15, 0.2) is 11.6 Å². The molecule has 0 spiro atoms. The van der Waals surface area contributed by atoms with Gasteiger partial charge in [-0.2, -0.15) is 0 Å². The standard InChI is InChI=1S/C18H14Cl2F2N2O2/c1-23-18(26)17(11-2-6-14(21)15(22)9-11)24-16(25)7-3-10-8-12(19)4-5-13(10)20/h2-9,17H,1H3,(H,23,26)(H,24,25)/b7-3+. The topological polar surface area (TPSA) is 58.2 Å². The van der Waals surface area contributed by atoms with E-state index in [4.69, 9.17) is 23.2 Å². The van der Waals surface area contributed by atoms with E-state index in [1.165, 1.54) is 19.2 Å². The first-order chi connectivity index (χ1) is 12.3. The van der Waals surface area contributed by atoms with Crippen molar-refractivity contribution in [1.29, 1.82) is 0 Å². The van der Waals surface area contributed by atoms with Crippen LogP contribution in [0.1, 0.15) is 17.2 Å². The molecule has 26 heavy (non-hydrogen) atoms. The van der Waals surface area contributed by atoms with Gasteiger partial charge in [-0.3, -0.25) is 9.59 Å². The number of halogens is 4. The molecular weight excluding hydrogens is 385 g/mol. The third-order valence-electron chi connectivity index (χ3n) is 3.44. The van der Waals surface area contributed by atoms with E-state index >= 15 is 0 Å². The smallest absolute Gasteiger partial charge is 0.246 e. The predicted octanol–water partition coefficient (Wildman–Crippen LogP) is 3.89. The number of amides is 2. The summed E-state index contributed by atoms with van der Waals surface area (Å²) in [5, 5.41) is 5.63. The lowest BCUT2D eigenvalue weighted by Gasteiger charge is -2.17.